The molecule has 0 amide bonds. The van der Waals surface area contributed by atoms with Crippen LogP contribution in [0, 0.1) is 81.6 Å². The number of hydrogen-bond donors (Lipinski definition) is 5. The average Bonchev–Trinajstić information content (AvgIpc) is 3.31. The van der Waals surface area contributed by atoms with Crippen LogP contribution in [0.4, 0.5) is 0 Å². The number of ether oxygens (including phenoxy) is 8. The molecular formula is C54H60O18. The first-order chi connectivity index (χ1) is 33.4. The molecule has 1 aliphatic heterocycles. The number of carboxylic acid groups (broad SMARTS) is 2. The smallest absolute Gasteiger partial charge is 0.347 e. The van der Waals surface area contributed by atoms with Crippen LogP contribution in [0.2, 0.25) is 0 Å². The van der Waals surface area contributed by atoms with Crippen molar-refractivity contribution >= 4 is 29.8 Å². The lowest BCUT2D eigenvalue weighted by Gasteiger charge is -2.57. The highest BCUT2D eigenvalue weighted by atomic mass is 16.6. The Bertz CT molecular complexity index is 3150. The van der Waals surface area contributed by atoms with Gasteiger partial charge in [-0.1, -0.05) is 6.58 Å². The van der Waals surface area contributed by atoms with Gasteiger partial charge in [-0.2, -0.15) is 0 Å². The fourth-order valence-electron chi connectivity index (χ4n) is 10.3. The summed E-state index contributed by atoms with van der Waals surface area (Å²) in [6.07, 6.45) is -0.356. The minimum absolute atomic E-state index is 0.00373. The summed E-state index contributed by atoms with van der Waals surface area (Å²) in [5, 5.41) is 57.2. The third-order valence-corrected chi connectivity index (χ3v) is 14.8. The molecule has 0 fully saturated rings. The van der Waals surface area contributed by atoms with Crippen molar-refractivity contribution in [1.82, 2.24) is 0 Å². The molecule has 0 saturated heterocycles. The summed E-state index contributed by atoms with van der Waals surface area (Å²) >= 11 is 0. The maximum atomic E-state index is 14.6. The molecule has 0 saturated carbocycles. The van der Waals surface area contributed by atoms with Crippen LogP contribution < -0.4 is 37.9 Å². The minimum Gasteiger partial charge on any atom is -0.511 e. The van der Waals surface area contributed by atoms with Gasteiger partial charge in [0.25, 0.3) is 5.79 Å². The van der Waals surface area contributed by atoms with Crippen LogP contribution >= 0.6 is 0 Å². The van der Waals surface area contributed by atoms with Gasteiger partial charge in [0.15, 0.2) is 5.60 Å². The number of hydrogen-bond acceptors (Lipinski definition) is 16. The zero-order valence-corrected chi connectivity index (χ0v) is 43.5. The second kappa shape index (κ2) is 18.6. The number of fused-ring (bicyclic) bond motifs is 2. The molecule has 72 heavy (non-hydrogen) atoms. The van der Waals surface area contributed by atoms with E-state index in [0.29, 0.717) is 22.3 Å². The molecule has 0 spiro atoms. The molecule has 18 heteroatoms. The zero-order valence-electron chi connectivity index (χ0n) is 43.5. The van der Waals surface area contributed by atoms with Crippen molar-refractivity contribution < 1.29 is 87.4 Å². The maximum absolute atomic E-state index is 14.6. The van der Waals surface area contributed by atoms with Gasteiger partial charge in [0.2, 0.25) is 0 Å². The third-order valence-electron chi connectivity index (χ3n) is 14.8. The standard InChI is InChI=1S/C54H60O18/c1-20-23(4)38(27(8)42(65-15)33(20)47(56)57)69-49(60)35-22(3)25(6)40(29(10)44(35)67-17)71-51(62)37-31(12)53(14,63)54(64)52(13,46(37)55)19-32-26(7)36(45(68-18)30(11)41(32)72-54)50(61)70-39-24(5)21(2)34(48(58)59)43(66-16)28(39)9/h55,63-64H,12,19H2,1-11,13-18H3,(H,56,57)(H,58,59)/t52-,53+,54?/m0/s1. The normalized spacial score (nSPS) is 19.1. The number of benzene rings is 4. The molecule has 6 rings (SSSR count). The van der Waals surface area contributed by atoms with Gasteiger partial charge in [-0.3, -0.25) is 0 Å². The lowest BCUT2D eigenvalue weighted by atomic mass is 9.58. The lowest BCUT2D eigenvalue weighted by Crippen LogP contribution is -2.71. The van der Waals surface area contributed by atoms with Crippen LogP contribution in [0.5, 0.6) is 46.0 Å². The molecular weight excluding hydrogens is 937 g/mol. The van der Waals surface area contributed by atoms with Gasteiger partial charge in [-0.25, -0.2) is 24.0 Å². The number of methoxy groups -OCH3 is 4. The number of aliphatic hydroxyl groups excluding tert-OH is 1. The minimum atomic E-state index is -2.72. The molecule has 0 radical (unpaired) electrons. The van der Waals surface area contributed by atoms with E-state index < -0.39 is 63.6 Å². The van der Waals surface area contributed by atoms with E-state index >= 15 is 0 Å². The predicted molar refractivity (Wildman–Crippen MR) is 260 cm³/mol. The van der Waals surface area contributed by atoms with Crippen molar-refractivity contribution in [3.8, 4) is 46.0 Å². The SMILES string of the molecule is C=C1C(C(=O)Oc2c(C)c(C)c(C(=O)Oc3c(C)c(C)c(C(=O)O)c(OC)c3C)c(OC)c2C)=C(O)[C@]2(C)Cc3c(C)c(C(=O)Oc4c(C)c(C)c(C(=O)O)c(OC)c4C)c(OC)c(C)c3OC2(O)[C@]1(C)O. The monoisotopic (exact) mass is 996 g/mol. The summed E-state index contributed by atoms with van der Waals surface area (Å²) in [5.41, 5.74) is -2.62. The van der Waals surface area contributed by atoms with Gasteiger partial charge in [0.1, 0.15) is 79.6 Å². The van der Waals surface area contributed by atoms with Crippen LogP contribution in [0.1, 0.15) is 122 Å². The second-order valence-corrected chi connectivity index (χ2v) is 18.6. The van der Waals surface area contributed by atoms with Crippen molar-refractivity contribution in [2.75, 3.05) is 28.4 Å². The maximum Gasteiger partial charge on any atom is 0.347 e. The van der Waals surface area contributed by atoms with Crippen molar-refractivity contribution in [3.63, 3.8) is 0 Å². The van der Waals surface area contributed by atoms with Crippen molar-refractivity contribution in [3.05, 3.63) is 112 Å². The number of rotatable bonds is 12. The summed E-state index contributed by atoms with van der Waals surface area (Å²) in [6.45, 7) is 23.7. The topological polar surface area (TPSA) is 260 Å². The number of aliphatic hydroxyl groups is 3. The molecule has 384 valence electrons. The fraction of sp³-hybridized carbons (Fsp3) is 0.389. The fourth-order valence-corrected chi connectivity index (χ4v) is 10.3. The van der Waals surface area contributed by atoms with Gasteiger partial charge in [-0.15, -0.1) is 0 Å². The van der Waals surface area contributed by atoms with E-state index in [-0.39, 0.29) is 119 Å². The van der Waals surface area contributed by atoms with Crippen LogP contribution in [0.15, 0.2) is 23.5 Å². The highest BCUT2D eigenvalue weighted by molar-refractivity contribution is 6.02. The highest BCUT2D eigenvalue weighted by Gasteiger charge is 2.70. The summed E-state index contributed by atoms with van der Waals surface area (Å²) in [4.78, 5) is 67.5. The van der Waals surface area contributed by atoms with Gasteiger partial charge in [0, 0.05) is 27.8 Å². The van der Waals surface area contributed by atoms with E-state index in [1.807, 2.05) is 0 Å². The van der Waals surface area contributed by atoms with E-state index in [1.165, 1.54) is 49.2 Å². The Labute approximate surface area is 416 Å². The van der Waals surface area contributed by atoms with Crippen molar-refractivity contribution in [2.24, 2.45) is 5.41 Å². The molecule has 0 bridgehead atoms. The van der Waals surface area contributed by atoms with Gasteiger partial charge < -0.3 is 63.4 Å². The Kier molecular flexibility index (Phi) is 13.9. The first kappa shape index (κ1) is 53.8. The van der Waals surface area contributed by atoms with Crippen molar-refractivity contribution in [1.29, 1.82) is 0 Å². The van der Waals surface area contributed by atoms with Crippen LogP contribution in [0.25, 0.3) is 0 Å². The number of esters is 3. The van der Waals surface area contributed by atoms with Crippen LogP contribution in [-0.4, -0.2) is 95.2 Å². The summed E-state index contributed by atoms with van der Waals surface area (Å²) < 4.78 is 46.8. The Hall–Kier alpha value is -7.57. The number of carbonyl (C=O) groups is 5. The predicted octanol–water partition coefficient (Wildman–Crippen LogP) is 8.32. The van der Waals surface area contributed by atoms with Crippen LogP contribution in [0.3, 0.4) is 0 Å². The van der Waals surface area contributed by atoms with E-state index in [4.69, 9.17) is 37.9 Å². The molecule has 1 heterocycles. The second-order valence-electron chi connectivity index (χ2n) is 18.6. The average molecular weight is 997 g/mol. The lowest BCUT2D eigenvalue weighted by molar-refractivity contribution is -0.303. The van der Waals surface area contributed by atoms with Gasteiger partial charge >= 0.3 is 29.8 Å². The number of aromatic carboxylic acids is 2. The quantitative estimate of drug-likeness (QED) is 0.0660. The van der Waals surface area contributed by atoms with E-state index in [2.05, 4.69) is 6.58 Å². The first-order valence-corrected chi connectivity index (χ1v) is 22.5. The Morgan fingerprint density at radius 2 is 0.819 bits per heavy atom. The molecule has 5 N–H and O–H groups in total. The zero-order chi connectivity index (χ0) is 54.3. The Balaban J connectivity index is 1.44. The molecule has 1 aliphatic carbocycles. The van der Waals surface area contributed by atoms with Crippen LogP contribution in [-0.2, 0) is 11.2 Å². The van der Waals surface area contributed by atoms with Gasteiger partial charge in [-0.05, 0) is 141 Å². The third kappa shape index (κ3) is 7.57. The Morgan fingerprint density at radius 1 is 0.486 bits per heavy atom. The molecule has 0 aromatic heterocycles. The first-order valence-electron chi connectivity index (χ1n) is 22.5. The van der Waals surface area contributed by atoms with E-state index in [0.717, 1.165) is 0 Å². The largest absolute Gasteiger partial charge is 0.511 e. The highest BCUT2D eigenvalue weighted by Crippen LogP contribution is 2.61. The molecule has 18 nitrogen and oxygen atoms in total. The summed E-state index contributed by atoms with van der Waals surface area (Å²) in [7, 11) is 5.22. The summed E-state index contributed by atoms with van der Waals surface area (Å²) in [6, 6.07) is 0. The van der Waals surface area contributed by atoms with Gasteiger partial charge in [0.05, 0.1) is 33.9 Å². The molecule has 4 aromatic rings. The summed E-state index contributed by atoms with van der Waals surface area (Å²) in [5.74, 6) is -8.90. The van der Waals surface area contributed by atoms with E-state index in [9.17, 15) is 49.5 Å². The molecule has 1 unspecified atom stereocenters. The molecule has 2 aliphatic rings. The number of carbonyl (C=O) groups excluding carboxylic acids is 3. The Morgan fingerprint density at radius 3 is 1.19 bits per heavy atom. The molecule has 4 aromatic carbocycles. The van der Waals surface area contributed by atoms with E-state index in [1.54, 1.807) is 69.2 Å². The number of carboxylic acids is 2. The molecule has 3 atom stereocenters. The van der Waals surface area contributed by atoms with Crippen molar-refractivity contribution in [2.45, 2.75) is 108 Å².